The second kappa shape index (κ2) is 65.0. The van der Waals surface area contributed by atoms with Gasteiger partial charge in [0.25, 0.3) is 0 Å². The quantitative estimate of drug-likeness (QED) is 0.0222. The average molecular weight is 1350 g/mol. The van der Waals surface area contributed by atoms with Crippen LogP contribution in [0, 0.1) is 11.8 Å². The summed E-state index contributed by atoms with van der Waals surface area (Å²) in [5, 5.41) is 10.6. The number of phosphoric ester groups is 2. The van der Waals surface area contributed by atoms with E-state index in [2.05, 4.69) is 41.5 Å². The van der Waals surface area contributed by atoms with Crippen LogP contribution in [0.15, 0.2) is 0 Å². The van der Waals surface area contributed by atoms with Crippen LogP contribution in [-0.2, 0) is 65.4 Å². The molecule has 19 heteroatoms. The number of rotatable bonds is 72. The molecule has 0 saturated heterocycles. The highest BCUT2D eigenvalue weighted by Crippen LogP contribution is 2.45. The van der Waals surface area contributed by atoms with E-state index >= 15 is 0 Å². The molecule has 5 atom stereocenters. The summed E-state index contributed by atoms with van der Waals surface area (Å²) in [5.41, 5.74) is 0. The minimum absolute atomic E-state index is 0.105. The maximum Gasteiger partial charge on any atom is 0.472 e. The van der Waals surface area contributed by atoms with Gasteiger partial charge < -0.3 is 33.8 Å². The van der Waals surface area contributed by atoms with Gasteiger partial charge >= 0.3 is 39.5 Å². The van der Waals surface area contributed by atoms with Gasteiger partial charge in [-0.3, -0.25) is 37.3 Å². The molecular formula is C73H142O17P2. The van der Waals surface area contributed by atoms with Gasteiger partial charge in [-0.05, 0) is 37.5 Å². The number of carbonyl (C=O) groups excluding carboxylic acids is 4. The van der Waals surface area contributed by atoms with Crippen molar-refractivity contribution in [1.82, 2.24) is 0 Å². The van der Waals surface area contributed by atoms with E-state index in [1.807, 2.05) is 0 Å². The summed E-state index contributed by atoms with van der Waals surface area (Å²) >= 11 is 0. The van der Waals surface area contributed by atoms with E-state index in [0.29, 0.717) is 25.7 Å². The third kappa shape index (κ3) is 66.7. The highest BCUT2D eigenvalue weighted by molar-refractivity contribution is 7.47. The summed E-state index contributed by atoms with van der Waals surface area (Å²) in [5.74, 6) is -0.587. The Balaban J connectivity index is 5.24. The molecule has 92 heavy (non-hydrogen) atoms. The second-order valence-electron chi connectivity index (χ2n) is 27.3. The van der Waals surface area contributed by atoms with Crippen molar-refractivity contribution in [3.8, 4) is 0 Å². The fourth-order valence-electron chi connectivity index (χ4n) is 11.1. The molecule has 0 aliphatic rings. The Hall–Kier alpha value is -1.94. The third-order valence-electron chi connectivity index (χ3n) is 17.0. The molecule has 0 aromatic rings. The molecule has 0 fully saturated rings. The van der Waals surface area contributed by atoms with E-state index in [1.165, 1.54) is 193 Å². The van der Waals surface area contributed by atoms with E-state index in [-0.39, 0.29) is 25.7 Å². The minimum atomic E-state index is -4.95. The van der Waals surface area contributed by atoms with Crippen LogP contribution in [0.1, 0.15) is 375 Å². The highest BCUT2D eigenvalue weighted by Gasteiger charge is 2.30. The summed E-state index contributed by atoms with van der Waals surface area (Å²) in [6.07, 6.45) is 51.2. The van der Waals surface area contributed by atoms with Crippen LogP contribution in [0.4, 0.5) is 0 Å². The van der Waals surface area contributed by atoms with Gasteiger partial charge in [0, 0.05) is 25.7 Å². The molecule has 0 aromatic carbocycles. The van der Waals surface area contributed by atoms with Crippen LogP contribution in [0.5, 0.6) is 0 Å². The lowest BCUT2D eigenvalue weighted by Gasteiger charge is -2.21. The van der Waals surface area contributed by atoms with E-state index in [0.717, 1.165) is 102 Å². The molecule has 0 heterocycles. The Labute approximate surface area is 562 Å². The third-order valence-corrected chi connectivity index (χ3v) is 18.9. The van der Waals surface area contributed by atoms with Crippen LogP contribution < -0.4 is 0 Å². The van der Waals surface area contributed by atoms with Gasteiger partial charge in [-0.25, -0.2) is 9.13 Å². The number of hydrogen-bond donors (Lipinski definition) is 3. The first-order valence-electron chi connectivity index (χ1n) is 38.0. The number of ether oxygens (including phenoxy) is 4. The molecule has 0 bridgehead atoms. The molecule has 17 nitrogen and oxygen atoms in total. The smallest absolute Gasteiger partial charge is 0.462 e. The lowest BCUT2D eigenvalue weighted by molar-refractivity contribution is -0.161. The molecule has 0 saturated carbocycles. The van der Waals surface area contributed by atoms with E-state index < -0.39 is 97.5 Å². The van der Waals surface area contributed by atoms with Crippen molar-refractivity contribution in [2.24, 2.45) is 11.8 Å². The molecule has 0 aliphatic carbocycles. The second-order valence-corrected chi connectivity index (χ2v) is 30.2. The zero-order chi connectivity index (χ0) is 67.9. The average Bonchev–Trinajstić information content (AvgIpc) is 1.81. The van der Waals surface area contributed by atoms with Crippen molar-refractivity contribution in [3.63, 3.8) is 0 Å². The molecular weight excluding hydrogens is 1210 g/mol. The van der Waals surface area contributed by atoms with Crippen molar-refractivity contribution in [2.75, 3.05) is 39.6 Å². The van der Waals surface area contributed by atoms with Crippen molar-refractivity contribution < 1.29 is 80.2 Å². The topological polar surface area (TPSA) is 237 Å². The van der Waals surface area contributed by atoms with Crippen molar-refractivity contribution in [2.45, 2.75) is 394 Å². The minimum Gasteiger partial charge on any atom is -0.462 e. The molecule has 546 valence electrons. The standard InChI is InChI=1S/C73H142O17P2/c1-7-9-11-13-15-17-19-22-26-32-38-44-50-56-71(76)84-62-68(89-72(77)57-51-45-39-33-27-24-21-20-23-25-29-35-41-47-53-65(3)4)63-87-91(79,80)85-59-67(74)60-86-92(81,82)88-64-69(61-83-70(75)55-49-43-37-31-18-16-14-12-10-8-2)90-73(78)58-52-46-40-34-28-30-36-42-48-54-66(5)6/h65-69,74H,7-64H2,1-6H3,(H,79,80)(H,81,82)/t67-,68-,69-/m1/s1. The largest absolute Gasteiger partial charge is 0.472 e. The SMILES string of the molecule is CCCCCCCCCCCCCCCC(=O)OC[C@H](COP(=O)(O)OC[C@@H](O)COP(=O)(O)OC[C@@H](COC(=O)CCCCCCCCCCCC)OC(=O)CCCCCCCCCCCC(C)C)OC(=O)CCCCCCCCCCCCCCCCC(C)C. The number of hydrogen-bond acceptors (Lipinski definition) is 15. The number of aliphatic hydroxyl groups excluding tert-OH is 1. The fraction of sp³-hybridized carbons (Fsp3) is 0.945. The van der Waals surface area contributed by atoms with Crippen LogP contribution in [-0.4, -0.2) is 96.7 Å². The predicted octanol–water partition coefficient (Wildman–Crippen LogP) is 21.2. The zero-order valence-electron chi connectivity index (χ0n) is 59.9. The van der Waals surface area contributed by atoms with E-state index in [9.17, 15) is 43.2 Å². The summed E-state index contributed by atoms with van der Waals surface area (Å²) < 4.78 is 68.4. The molecule has 0 radical (unpaired) electrons. The first-order valence-corrected chi connectivity index (χ1v) is 41.0. The molecule has 0 spiro atoms. The van der Waals surface area contributed by atoms with Crippen molar-refractivity contribution >= 4 is 39.5 Å². The van der Waals surface area contributed by atoms with Crippen LogP contribution in [0.2, 0.25) is 0 Å². The Morgan fingerprint density at radius 1 is 0.293 bits per heavy atom. The molecule has 0 rings (SSSR count). The van der Waals surface area contributed by atoms with E-state index in [1.54, 1.807) is 0 Å². The maximum atomic E-state index is 13.1. The monoisotopic (exact) mass is 1350 g/mol. The van der Waals surface area contributed by atoms with E-state index in [4.69, 9.17) is 37.0 Å². The van der Waals surface area contributed by atoms with Gasteiger partial charge in [-0.2, -0.15) is 0 Å². The van der Waals surface area contributed by atoms with Crippen LogP contribution >= 0.6 is 15.6 Å². The molecule has 0 aliphatic heterocycles. The van der Waals surface area contributed by atoms with Gasteiger partial charge in [0.2, 0.25) is 0 Å². The fourth-order valence-corrected chi connectivity index (χ4v) is 12.7. The first kappa shape index (κ1) is 90.1. The van der Waals surface area contributed by atoms with Gasteiger partial charge in [0.15, 0.2) is 12.2 Å². The van der Waals surface area contributed by atoms with Crippen LogP contribution in [0.3, 0.4) is 0 Å². The molecule has 3 N–H and O–H groups in total. The predicted molar refractivity (Wildman–Crippen MR) is 372 cm³/mol. The van der Waals surface area contributed by atoms with Crippen molar-refractivity contribution in [3.05, 3.63) is 0 Å². The Kier molecular flexibility index (Phi) is 63.7. The zero-order valence-corrected chi connectivity index (χ0v) is 61.6. The summed E-state index contributed by atoms with van der Waals surface area (Å²) in [6.45, 7) is 9.57. The van der Waals surface area contributed by atoms with Crippen LogP contribution in [0.25, 0.3) is 0 Å². The van der Waals surface area contributed by atoms with Gasteiger partial charge in [-0.15, -0.1) is 0 Å². The number of esters is 4. The Morgan fingerprint density at radius 3 is 0.739 bits per heavy atom. The number of aliphatic hydroxyl groups is 1. The molecule has 0 amide bonds. The Bertz CT molecular complexity index is 1790. The normalized spacial score (nSPS) is 14.1. The first-order chi connectivity index (χ1) is 44.4. The lowest BCUT2D eigenvalue weighted by atomic mass is 10.0. The summed E-state index contributed by atoms with van der Waals surface area (Å²) in [6, 6.07) is 0. The summed E-state index contributed by atoms with van der Waals surface area (Å²) in [7, 11) is -9.90. The maximum absolute atomic E-state index is 13.1. The highest BCUT2D eigenvalue weighted by atomic mass is 31.2. The Morgan fingerprint density at radius 2 is 0.500 bits per heavy atom. The van der Waals surface area contributed by atoms with Gasteiger partial charge in [0.05, 0.1) is 26.4 Å². The molecule has 0 aromatic heterocycles. The lowest BCUT2D eigenvalue weighted by Crippen LogP contribution is -2.30. The summed E-state index contributed by atoms with van der Waals surface area (Å²) in [4.78, 5) is 72.7. The van der Waals surface area contributed by atoms with Crippen molar-refractivity contribution in [1.29, 1.82) is 0 Å². The number of carbonyl (C=O) groups is 4. The van der Waals surface area contributed by atoms with Gasteiger partial charge in [0.1, 0.15) is 19.3 Å². The number of phosphoric acid groups is 2. The number of unbranched alkanes of at least 4 members (excludes halogenated alkanes) is 42. The molecule has 2 unspecified atom stereocenters. The van der Waals surface area contributed by atoms with Gasteiger partial charge in [-0.1, -0.05) is 324 Å².